The van der Waals surface area contributed by atoms with Crippen molar-refractivity contribution < 1.29 is 4.74 Å². The largest absolute Gasteiger partial charge is 0.497 e. The zero-order chi connectivity index (χ0) is 18.8. The van der Waals surface area contributed by atoms with Gasteiger partial charge < -0.3 is 15.4 Å². The van der Waals surface area contributed by atoms with Gasteiger partial charge in [-0.05, 0) is 43.4 Å². The molecule has 0 aliphatic carbocycles. The van der Waals surface area contributed by atoms with Gasteiger partial charge in [-0.3, -0.25) is 0 Å². The monoisotopic (exact) mass is 374 g/mol. The van der Waals surface area contributed by atoms with Gasteiger partial charge in [0.1, 0.15) is 10.8 Å². The van der Waals surface area contributed by atoms with E-state index in [4.69, 9.17) is 4.74 Å². The number of thiazole rings is 1. The SMILES string of the molecule is CCNC(=NCc1nc(C(C)C)cs1)NCCCc1cccc(OC)c1. The van der Waals surface area contributed by atoms with E-state index in [2.05, 4.69) is 58.9 Å². The third kappa shape index (κ3) is 6.67. The number of nitrogens with zero attached hydrogens (tertiary/aromatic N) is 2. The van der Waals surface area contributed by atoms with Crippen LogP contribution in [0.1, 0.15) is 49.4 Å². The minimum Gasteiger partial charge on any atom is -0.497 e. The fraction of sp³-hybridized carbons (Fsp3) is 0.500. The van der Waals surface area contributed by atoms with Crippen LogP contribution in [0.25, 0.3) is 0 Å². The normalized spacial score (nSPS) is 11.7. The van der Waals surface area contributed by atoms with E-state index < -0.39 is 0 Å². The molecule has 0 amide bonds. The molecule has 1 aromatic carbocycles. The lowest BCUT2D eigenvalue weighted by Crippen LogP contribution is -2.37. The van der Waals surface area contributed by atoms with Crippen molar-refractivity contribution in [1.82, 2.24) is 15.6 Å². The molecule has 0 spiro atoms. The minimum absolute atomic E-state index is 0.465. The molecule has 6 heteroatoms. The fourth-order valence-electron chi connectivity index (χ4n) is 2.48. The Labute approximate surface area is 160 Å². The lowest BCUT2D eigenvalue weighted by atomic mass is 10.1. The van der Waals surface area contributed by atoms with Gasteiger partial charge in [0.2, 0.25) is 0 Å². The van der Waals surface area contributed by atoms with E-state index in [0.29, 0.717) is 12.5 Å². The van der Waals surface area contributed by atoms with Crippen molar-refractivity contribution in [2.45, 2.75) is 46.1 Å². The Hall–Kier alpha value is -2.08. The zero-order valence-electron chi connectivity index (χ0n) is 16.2. The van der Waals surface area contributed by atoms with Crippen LogP contribution in [0.5, 0.6) is 5.75 Å². The van der Waals surface area contributed by atoms with Crippen molar-refractivity contribution in [3.8, 4) is 5.75 Å². The summed E-state index contributed by atoms with van der Waals surface area (Å²) >= 11 is 1.68. The average Bonchev–Trinajstić information content (AvgIpc) is 3.12. The number of rotatable bonds is 9. The molecule has 5 nitrogen and oxygen atoms in total. The van der Waals surface area contributed by atoms with Crippen LogP contribution in [-0.4, -0.2) is 31.1 Å². The summed E-state index contributed by atoms with van der Waals surface area (Å²) in [4.78, 5) is 9.29. The maximum Gasteiger partial charge on any atom is 0.191 e. The first-order chi connectivity index (χ1) is 12.6. The summed E-state index contributed by atoms with van der Waals surface area (Å²) in [5.74, 6) is 2.22. The van der Waals surface area contributed by atoms with Gasteiger partial charge in [0.15, 0.2) is 5.96 Å². The van der Waals surface area contributed by atoms with Crippen molar-refractivity contribution in [2.24, 2.45) is 4.99 Å². The number of aryl methyl sites for hydroxylation is 1. The van der Waals surface area contributed by atoms with Crippen molar-refractivity contribution in [3.63, 3.8) is 0 Å². The minimum atomic E-state index is 0.465. The molecule has 0 aliphatic heterocycles. The Morgan fingerprint density at radius 3 is 2.85 bits per heavy atom. The summed E-state index contributed by atoms with van der Waals surface area (Å²) in [6.45, 7) is 8.73. The van der Waals surface area contributed by atoms with Gasteiger partial charge in [-0.1, -0.05) is 26.0 Å². The van der Waals surface area contributed by atoms with Crippen molar-refractivity contribution in [2.75, 3.05) is 20.2 Å². The number of hydrogen-bond donors (Lipinski definition) is 2. The van der Waals surface area contributed by atoms with E-state index in [0.717, 1.165) is 48.3 Å². The standard InChI is InChI=1S/C20H30N4OS/c1-5-21-20(23-13-19-24-18(14-26-19)15(2)3)22-11-7-9-16-8-6-10-17(12-16)25-4/h6,8,10,12,14-15H,5,7,9,11,13H2,1-4H3,(H2,21,22,23). The lowest BCUT2D eigenvalue weighted by molar-refractivity contribution is 0.414. The molecule has 142 valence electrons. The van der Waals surface area contributed by atoms with Crippen LogP contribution in [0, 0.1) is 0 Å². The Morgan fingerprint density at radius 1 is 1.31 bits per heavy atom. The molecule has 2 rings (SSSR count). The Bertz CT molecular complexity index is 697. The molecule has 26 heavy (non-hydrogen) atoms. The van der Waals surface area contributed by atoms with Gasteiger partial charge in [0.25, 0.3) is 0 Å². The summed E-state index contributed by atoms with van der Waals surface area (Å²) < 4.78 is 5.27. The number of methoxy groups -OCH3 is 1. The summed E-state index contributed by atoms with van der Waals surface area (Å²) in [6.07, 6.45) is 2.04. The number of ether oxygens (including phenoxy) is 1. The highest BCUT2D eigenvalue weighted by atomic mass is 32.1. The average molecular weight is 375 g/mol. The maximum absolute atomic E-state index is 5.27. The van der Waals surface area contributed by atoms with Gasteiger partial charge in [0.05, 0.1) is 19.3 Å². The van der Waals surface area contributed by atoms with Crippen molar-refractivity contribution >= 4 is 17.3 Å². The van der Waals surface area contributed by atoms with Gasteiger partial charge in [-0.2, -0.15) is 0 Å². The van der Waals surface area contributed by atoms with Crippen LogP contribution in [0.2, 0.25) is 0 Å². The highest BCUT2D eigenvalue weighted by Crippen LogP contribution is 2.18. The summed E-state index contributed by atoms with van der Waals surface area (Å²) in [5.41, 5.74) is 2.44. The molecule has 0 bridgehead atoms. The summed E-state index contributed by atoms with van der Waals surface area (Å²) in [6, 6.07) is 8.23. The van der Waals surface area contributed by atoms with Crippen molar-refractivity contribution in [1.29, 1.82) is 0 Å². The van der Waals surface area contributed by atoms with Crippen LogP contribution in [0.4, 0.5) is 0 Å². The van der Waals surface area contributed by atoms with Gasteiger partial charge in [-0.25, -0.2) is 9.98 Å². The van der Waals surface area contributed by atoms with E-state index in [-0.39, 0.29) is 0 Å². The smallest absolute Gasteiger partial charge is 0.191 e. The second-order valence-electron chi connectivity index (χ2n) is 6.40. The number of aliphatic imine (C=N–C) groups is 1. The molecule has 0 saturated heterocycles. The highest BCUT2D eigenvalue weighted by Gasteiger charge is 2.05. The number of nitrogens with one attached hydrogen (secondary N) is 2. The molecule has 0 radical (unpaired) electrons. The molecule has 1 heterocycles. The first-order valence-electron chi connectivity index (χ1n) is 9.21. The highest BCUT2D eigenvalue weighted by molar-refractivity contribution is 7.09. The maximum atomic E-state index is 5.27. The number of benzene rings is 1. The first-order valence-corrected chi connectivity index (χ1v) is 10.1. The fourth-order valence-corrected chi connectivity index (χ4v) is 3.36. The third-order valence-electron chi connectivity index (χ3n) is 3.95. The van der Waals surface area contributed by atoms with Crippen LogP contribution >= 0.6 is 11.3 Å². The van der Waals surface area contributed by atoms with Crippen LogP contribution in [-0.2, 0) is 13.0 Å². The molecule has 1 aromatic heterocycles. The second kappa shape index (κ2) is 10.8. The van der Waals surface area contributed by atoms with E-state index in [1.165, 1.54) is 5.56 Å². The molecule has 2 aromatic rings. The molecule has 2 N–H and O–H groups in total. The quantitative estimate of drug-likeness (QED) is 0.396. The van der Waals surface area contributed by atoms with Crippen molar-refractivity contribution in [3.05, 3.63) is 45.9 Å². The lowest BCUT2D eigenvalue weighted by Gasteiger charge is -2.11. The Kier molecular flexibility index (Phi) is 8.41. The Balaban J connectivity index is 1.80. The number of hydrogen-bond acceptors (Lipinski definition) is 4. The van der Waals surface area contributed by atoms with Crippen LogP contribution in [0.3, 0.4) is 0 Å². The molecule has 0 unspecified atom stereocenters. The summed E-state index contributed by atoms with van der Waals surface area (Å²) in [7, 11) is 1.70. The molecule has 0 fully saturated rings. The predicted octanol–water partition coefficient (Wildman–Crippen LogP) is 3.96. The van der Waals surface area contributed by atoms with Gasteiger partial charge >= 0.3 is 0 Å². The number of aromatic nitrogens is 1. The van der Waals surface area contributed by atoms with E-state index in [9.17, 15) is 0 Å². The first kappa shape index (κ1) is 20.2. The molecule has 0 atom stereocenters. The van der Waals surface area contributed by atoms with Gasteiger partial charge in [0, 0.05) is 18.5 Å². The second-order valence-corrected chi connectivity index (χ2v) is 7.34. The summed E-state index contributed by atoms with van der Waals surface area (Å²) in [5, 5.41) is 9.89. The predicted molar refractivity (Wildman–Crippen MR) is 110 cm³/mol. The van der Waals surface area contributed by atoms with E-state index in [1.54, 1.807) is 18.4 Å². The van der Waals surface area contributed by atoms with E-state index in [1.807, 2.05) is 12.1 Å². The molecular formula is C20H30N4OS. The molecule has 0 aliphatic rings. The Morgan fingerprint density at radius 2 is 2.15 bits per heavy atom. The molecular weight excluding hydrogens is 344 g/mol. The van der Waals surface area contributed by atoms with E-state index >= 15 is 0 Å². The van der Waals surface area contributed by atoms with Crippen LogP contribution < -0.4 is 15.4 Å². The number of guanidine groups is 1. The molecule has 0 saturated carbocycles. The topological polar surface area (TPSA) is 58.5 Å². The zero-order valence-corrected chi connectivity index (χ0v) is 17.0. The third-order valence-corrected chi connectivity index (χ3v) is 4.80. The van der Waals surface area contributed by atoms with Crippen LogP contribution in [0.15, 0.2) is 34.6 Å². The van der Waals surface area contributed by atoms with Gasteiger partial charge in [-0.15, -0.1) is 11.3 Å².